The van der Waals surface area contributed by atoms with Crippen LogP contribution in [0.15, 0.2) is 0 Å². The van der Waals surface area contributed by atoms with Crippen LogP contribution in [-0.2, 0) is 10.2 Å². The number of amides is 1. The summed E-state index contributed by atoms with van der Waals surface area (Å²) < 4.78 is 5.49. The molecule has 0 unspecified atom stereocenters. The van der Waals surface area contributed by atoms with Crippen LogP contribution in [0.5, 0.6) is 0 Å². The second-order valence-electron chi connectivity index (χ2n) is 6.34. The van der Waals surface area contributed by atoms with Crippen LogP contribution in [0, 0.1) is 0 Å². The van der Waals surface area contributed by atoms with Crippen LogP contribution < -0.4 is 0 Å². The zero-order valence-corrected chi connectivity index (χ0v) is 12.9. The van der Waals surface area contributed by atoms with E-state index in [-0.39, 0.29) is 29.9 Å². The summed E-state index contributed by atoms with van der Waals surface area (Å²) in [5.41, 5.74) is -0.156. The maximum Gasteiger partial charge on any atom is 0.293 e. The fourth-order valence-electron chi connectivity index (χ4n) is 2.28. The molecule has 1 aliphatic heterocycles. The third-order valence-corrected chi connectivity index (χ3v) is 3.56. The van der Waals surface area contributed by atoms with E-state index < -0.39 is 0 Å². The molecular weight excluding hydrogens is 272 g/mol. The van der Waals surface area contributed by atoms with Gasteiger partial charge in [0, 0.05) is 18.5 Å². The smallest absolute Gasteiger partial charge is 0.293 e. The number of ether oxygens (including phenoxy) is 1. The van der Waals surface area contributed by atoms with Gasteiger partial charge in [0.15, 0.2) is 0 Å². The quantitative estimate of drug-likeness (QED) is 0.854. The van der Waals surface area contributed by atoms with Crippen molar-refractivity contribution in [1.82, 2.24) is 20.1 Å². The number of nitrogens with zero attached hydrogens (tertiary/aromatic N) is 3. The molecule has 1 aliphatic rings. The van der Waals surface area contributed by atoms with Crippen LogP contribution in [0.25, 0.3) is 0 Å². The van der Waals surface area contributed by atoms with Crippen LogP contribution in [0.3, 0.4) is 0 Å². The fourth-order valence-corrected chi connectivity index (χ4v) is 2.28. The molecule has 0 saturated carbocycles. The molecule has 1 saturated heterocycles. The van der Waals surface area contributed by atoms with Crippen LogP contribution in [0.2, 0.25) is 0 Å². The first-order valence-electron chi connectivity index (χ1n) is 7.36. The van der Waals surface area contributed by atoms with E-state index in [4.69, 9.17) is 9.84 Å². The summed E-state index contributed by atoms with van der Waals surface area (Å²) in [6.45, 7) is 7.71. The molecule has 1 fully saturated rings. The van der Waals surface area contributed by atoms with Gasteiger partial charge in [0.1, 0.15) is 5.82 Å². The standard InChI is InChI=1S/C14H24N4O3/c1-14(2,3)13-15-11(16-17-13)12(20)18-6-4-10(5-7-18)21-9-8-19/h10,19H,4-9H2,1-3H3,(H,15,16,17). The number of carbonyl (C=O) groups is 1. The Balaban J connectivity index is 1.91. The molecule has 7 heteroatoms. The number of carbonyl (C=O) groups excluding carboxylic acids is 1. The summed E-state index contributed by atoms with van der Waals surface area (Å²) in [7, 11) is 0. The third-order valence-electron chi connectivity index (χ3n) is 3.56. The molecule has 0 aliphatic carbocycles. The van der Waals surface area contributed by atoms with Gasteiger partial charge >= 0.3 is 0 Å². The largest absolute Gasteiger partial charge is 0.394 e. The molecular formula is C14H24N4O3. The van der Waals surface area contributed by atoms with E-state index in [1.807, 2.05) is 20.8 Å². The van der Waals surface area contributed by atoms with Gasteiger partial charge in [0.2, 0.25) is 5.82 Å². The van der Waals surface area contributed by atoms with E-state index >= 15 is 0 Å². The van der Waals surface area contributed by atoms with Gasteiger partial charge in [-0.15, -0.1) is 5.10 Å². The molecule has 7 nitrogen and oxygen atoms in total. The molecule has 2 N–H and O–H groups in total. The molecule has 0 atom stereocenters. The van der Waals surface area contributed by atoms with Crippen molar-refractivity contribution in [2.45, 2.75) is 45.1 Å². The first kappa shape index (κ1) is 15.9. The van der Waals surface area contributed by atoms with Gasteiger partial charge in [-0.05, 0) is 12.8 Å². The molecule has 2 heterocycles. The van der Waals surface area contributed by atoms with E-state index in [0.717, 1.165) is 12.8 Å². The van der Waals surface area contributed by atoms with Crippen LogP contribution >= 0.6 is 0 Å². The van der Waals surface area contributed by atoms with Crippen LogP contribution in [0.1, 0.15) is 50.1 Å². The topological polar surface area (TPSA) is 91.3 Å². The Hall–Kier alpha value is -1.47. The molecule has 118 valence electrons. The highest BCUT2D eigenvalue weighted by atomic mass is 16.5. The lowest BCUT2D eigenvalue weighted by Crippen LogP contribution is -2.41. The summed E-state index contributed by atoms with van der Waals surface area (Å²) in [6, 6.07) is 0. The van der Waals surface area contributed by atoms with Gasteiger partial charge < -0.3 is 14.7 Å². The summed E-state index contributed by atoms with van der Waals surface area (Å²) in [5.74, 6) is 0.809. The number of aromatic nitrogens is 3. The second kappa shape index (κ2) is 6.53. The molecule has 0 aromatic carbocycles. The van der Waals surface area contributed by atoms with Crippen molar-refractivity contribution in [2.24, 2.45) is 0 Å². The predicted octanol–water partition coefficient (Wildman–Crippen LogP) is 0.716. The average Bonchev–Trinajstić information content (AvgIpc) is 2.95. The molecule has 0 spiro atoms. The summed E-state index contributed by atoms with van der Waals surface area (Å²) in [6.07, 6.45) is 1.68. The van der Waals surface area contributed by atoms with Crippen LogP contribution in [0.4, 0.5) is 0 Å². The predicted molar refractivity (Wildman–Crippen MR) is 77.0 cm³/mol. The lowest BCUT2D eigenvalue weighted by molar-refractivity contribution is -0.00575. The minimum Gasteiger partial charge on any atom is -0.394 e. The van der Waals surface area contributed by atoms with Crippen molar-refractivity contribution in [1.29, 1.82) is 0 Å². The first-order valence-corrected chi connectivity index (χ1v) is 7.36. The molecule has 0 radical (unpaired) electrons. The van der Waals surface area contributed by atoms with Crippen molar-refractivity contribution in [3.05, 3.63) is 11.6 Å². The van der Waals surface area contributed by atoms with Crippen molar-refractivity contribution < 1.29 is 14.6 Å². The highest BCUT2D eigenvalue weighted by molar-refractivity contribution is 5.90. The Morgan fingerprint density at radius 1 is 1.43 bits per heavy atom. The maximum absolute atomic E-state index is 12.4. The summed E-state index contributed by atoms with van der Waals surface area (Å²) in [4.78, 5) is 18.4. The number of likely N-dealkylation sites (tertiary alicyclic amines) is 1. The third kappa shape index (κ3) is 4.01. The van der Waals surface area contributed by atoms with Crippen LogP contribution in [-0.4, -0.2) is 63.5 Å². The highest BCUT2D eigenvalue weighted by Crippen LogP contribution is 2.19. The van der Waals surface area contributed by atoms with Gasteiger partial charge in [-0.1, -0.05) is 20.8 Å². The highest BCUT2D eigenvalue weighted by Gasteiger charge is 2.27. The molecule has 21 heavy (non-hydrogen) atoms. The Morgan fingerprint density at radius 2 is 2.10 bits per heavy atom. The number of H-pyrrole nitrogens is 1. The Kier molecular flexibility index (Phi) is 4.95. The van der Waals surface area contributed by atoms with Gasteiger partial charge in [-0.3, -0.25) is 9.89 Å². The van der Waals surface area contributed by atoms with E-state index in [9.17, 15) is 4.79 Å². The normalized spacial score (nSPS) is 17.2. The molecule has 1 aromatic rings. The van der Waals surface area contributed by atoms with Crippen molar-refractivity contribution in [2.75, 3.05) is 26.3 Å². The number of hydrogen-bond acceptors (Lipinski definition) is 5. The number of rotatable bonds is 4. The zero-order valence-electron chi connectivity index (χ0n) is 12.9. The SMILES string of the molecule is CC(C)(C)c1nc(C(=O)N2CCC(OCCO)CC2)n[nH]1. The Bertz CT molecular complexity index is 473. The monoisotopic (exact) mass is 296 g/mol. The van der Waals surface area contributed by atoms with Crippen molar-refractivity contribution in [3.8, 4) is 0 Å². The van der Waals surface area contributed by atoms with E-state index in [0.29, 0.717) is 25.5 Å². The minimum atomic E-state index is -0.156. The summed E-state index contributed by atoms with van der Waals surface area (Å²) in [5, 5.41) is 15.6. The van der Waals surface area contributed by atoms with Gasteiger partial charge in [-0.2, -0.15) is 0 Å². The van der Waals surface area contributed by atoms with E-state index in [1.54, 1.807) is 4.90 Å². The number of hydrogen-bond donors (Lipinski definition) is 2. The molecule has 1 amide bonds. The fraction of sp³-hybridized carbons (Fsp3) is 0.786. The van der Waals surface area contributed by atoms with E-state index in [2.05, 4.69) is 15.2 Å². The Morgan fingerprint density at radius 3 is 2.62 bits per heavy atom. The first-order chi connectivity index (χ1) is 9.91. The van der Waals surface area contributed by atoms with Gasteiger partial charge in [0.05, 0.1) is 19.3 Å². The molecule has 1 aromatic heterocycles. The molecule has 0 bridgehead atoms. The lowest BCUT2D eigenvalue weighted by Gasteiger charge is -2.31. The summed E-state index contributed by atoms with van der Waals surface area (Å²) >= 11 is 0. The number of aromatic amines is 1. The number of nitrogens with one attached hydrogen (secondary N) is 1. The van der Waals surface area contributed by atoms with Crippen molar-refractivity contribution >= 4 is 5.91 Å². The average molecular weight is 296 g/mol. The number of aliphatic hydroxyl groups excluding tert-OH is 1. The minimum absolute atomic E-state index is 0.0336. The number of piperidine rings is 1. The van der Waals surface area contributed by atoms with Gasteiger partial charge in [-0.25, -0.2) is 4.98 Å². The Labute approximate surface area is 124 Å². The van der Waals surface area contributed by atoms with Gasteiger partial charge in [0.25, 0.3) is 5.91 Å². The maximum atomic E-state index is 12.4. The zero-order chi connectivity index (χ0) is 15.5. The number of aliphatic hydroxyl groups is 1. The second-order valence-corrected chi connectivity index (χ2v) is 6.34. The van der Waals surface area contributed by atoms with Crippen molar-refractivity contribution in [3.63, 3.8) is 0 Å². The lowest BCUT2D eigenvalue weighted by atomic mass is 9.96. The molecule has 2 rings (SSSR count). The van der Waals surface area contributed by atoms with E-state index in [1.165, 1.54) is 0 Å².